The highest BCUT2D eigenvalue weighted by Crippen LogP contribution is 2.19. The molecule has 6 heteroatoms. The second-order valence-corrected chi connectivity index (χ2v) is 5.08. The number of halogens is 1. The van der Waals surface area contributed by atoms with E-state index in [9.17, 15) is 9.18 Å². The van der Waals surface area contributed by atoms with Crippen LogP contribution in [0.1, 0.15) is 30.7 Å². The zero-order chi connectivity index (χ0) is 15.2. The summed E-state index contributed by atoms with van der Waals surface area (Å²) < 4.78 is 15.0. The van der Waals surface area contributed by atoms with E-state index >= 15 is 0 Å². The van der Waals surface area contributed by atoms with Gasteiger partial charge in [-0.2, -0.15) is 0 Å². The molecule has 0 bridgehead atoms. The minimum Gasteiger partial charge on any atom is -0.354 e. The number of amides is 1. The first-order chi connectivity index (χ1) is 10.1. The molecule has 1 heterocycles. The van der Waals surface area contributed by atoms with E-state index in [-0.39, 0.29) is 17.6 Å². The minimum absolute atomic E-state index is 0.0163. The molecule has 0 aliphatic rings. The zero-order valence-electron chi connectivity index (χ0n) is 12.2. The first-order valence-corrected chi connectivity index (χ1v) is 6.93. The number of carbonyl (C=O) groups excluding carboxylic acids is 1. The number of benzene rings is 1. The van der Waals surface area contributed by atoms with Crippen molar-refractivity contribution in [2.45, 2.75) is 32.7 Å². The van der Waals surface area contributed by atoms with E-state index in [1.807, 2.05) is 24.5 Å². The molecule has 112 valence electrons. The van der Waals surface area contributed by atoms with Crippen LogP contribution in [0.5, 0.6) is 0 Å². The molecule has 0 spiro atoms. The largest absolute Gasteiger partial charge is 0.354 e. The minimum atomic E-state index is -0.275. The fourth-order valence-electron chi connectivity index (χ4n) is 2.13. The predicted molar refractivity (Wildman–Crippen MR) is 77.2 cm³/mol. The highest BCUT2D eigenvalue weighted by molar-refractivity contribution is 5.76. The Balaban J connectivity index is 1.78. The molecule has 1 aromatic heterocycles. The summed E-state index contributed by atoms with van der Waals surface area (Å²) in [6.07, 6.45) is 1.97. The number of nitrogens with one attached hydrogen (secondary N) is 1. The Morgan fingerprint density at radius 3 is 2.95 bits per heavy atom. The summed E-state index contributed by atoms with van der Waals surface area (Å²) in [4.78, 5) is 11.9. The van der Waals surface area contributed by atoms with E-state index in [1.165, 1.54) is 12.1 Å². The third-order valence-corrected chi connectivity index (χ3v) is 3.39. The Bertz CT molecular complexity index is 611. The van der Waals surface area contributed by atoms with Gasteiger partial charge in [0, 0.05) is 19.5 Å². The summed E-state index contributed by atoms with van der Waals surface area (Å²) in [7, 11) is 0. The number of aromatic nitrogens is 3. The van der Waals surface area contributed by atoms with Crippen LogP contribution < -0.4 is 5.32 Å². The Morgan fingerprint density at radius 2 is 2.29 bits per heavy atom. The van der Waals surface area contributed by atoms with Gasteiger partial charge in [-0.05, 0) is 30.5 Å². The Morgan fingerprint density at radius 1 is 1.48 bits per heavy atom. The van der Waals surface area contributed by atoms with Gasteiger partial charge < -0.3 is 9.88 Å². The van der Waals surface area contributed by atoms with Gasteiger partial charge in [0.05, 0.1) is 0 Å². The van der Waals surface area contributed by atoms with E-state index < -0.39 is 0 Å². The van der Waals surface area contributed by atoms with Crippen molar-refractivity contribution in [2.24, 2.45) is 0 Å². The normalized spacial score (nSPS) is 12.1. The average Bonchev–Trinajstić information content (AvgIpc) is 2.84. The molecule has 0 radical (unpaired) electrons. The fourth-order valence-corrected chi connectivity index (χ4v) is 2.13. The molecule has 0 saturated heterocycles. The van der Waals surface area contributed by atoms with Crippen molar-refractivity contribution in [3.63, 3.8) is 0 Å². The lowest BCUT2D eigenvalue weighted by molar-refractivity contribution is -0.121. The molecular weight excluding hydrogens is 271 g/mol. The molecule has 0 saturated carbocycles. The maximum atomic E-state index is 13.1. The molecule has 1 amide bonds. The first-order valence-electron chi connectivity index (χ1n) is 6.93. The summed E-state index contributed by atoms with van der Waals surface area (Å²) in [5.41, 5.74) is 0.833. The molecule has 1 atom stereocenters. The third-order valence-electron chi connectivity index (χ3n) is 3.39. The smallest absolute Gasteiger partial charge is 0.220 e. The van der Waals surface area contributed by atoms with Crippen molar-refractivity contribution in [2.75, 3.05) is 6.54 Å². The monoisotopic (exact) mass is 290 g/mol. The van der Waals surface area contributed by atoms with E-state index in [1.54, 1.807) is 12.4 Å². The summed E-state index contributed by atoms with van der Waals surface area (Å²) >= 11 is 0. The standard InChI is InChI=1S/C15H19FN4O/c1-11(13-4-3-5-14(16)9-13)8-15(21)17-6-7-20-10-18-19-12(20)2/h3-5,9-11H,6-8H2,1-2H3,(H,17,21). The summed E-state index contributed by atoms with van der Waals surface area (Å²) in [6, 6.07) is 6.37. The average molecular weight is 290 g/mol. The van der Waals surface area contributed by atoms with Crippen LogP contribution in [0.4, 0.5) is 4.39 Å². The summed E-state index contributed by atoms with van der Waals surface area (Å²) in [5, 5.41) is 10.5. The first kappa shape index (κ1) is 15.2. The van der Waals surface area contributed by atoms with E-state index in [4.69, 9.17) is 0 Å². The Kier molecular flexibility index (Phi) is 5.03. The molecule has 0 aliphatic carbocycles. The Labute approximate surface area is 123 Å². The lowest BCUT2D eigenvalue weighted by Gasteiger charge is -2.12. The van der Waals surface area contributed by atoms with E-state index in [0.29, 0.717) is 19.5 Å². The fraction of sp³-hybridized carbons (Fsp3) is 0.400. The van der Waals surface area contributed by atoms with Crippen LogP contribution in [0.3, 0.4) is 0 Å². The number of nitrogens with zero attached hydrogens (tertiary/aromatic N) is 3. The zero-order valence-corrected chi connectivity index (χ0v) is 12.2. The number of hydrogen-bond donors (Lipinski definition) is 1. The van der Waals surface area contributed by atoms with Gasteiger partial charge >= 0.3 is 0 Å². The van der Waals surface area contributed by atoms with Crippen LogP contribution in [0.2, 0.25) is 0 Å². The maximum Gasteiger partial charge on any atom is 0.220 e. The summed E-state index contributed by atoms with van der Waals surface area (Å²) in [5.74, 6) is 0.482. The summed E-state index contributed by atoms with van der Waals surface area (Å²) in [6.45, 7) is 4.94. The van der Waals surface area contributed by atoms with Gasteiger partial charge in [-0.3, -0.25) is 4.79 Å². The van der Waals surface area contributed by atoms with Gasteiger partial charge in [0.2, 0.25) is 5.91 Å². The molecular formula is C15H19FN4O. The van der Waals surface area contributed by atoms with Crippen LogP contribution in [0.25, 0.3) is 0 Å². The van der Waals surface area contributed by atoms with Gasteiger partial charge in [0.15, 0.2) is 0 Å². The number of aryl methyl sites for hydroxylation is 1. The van der Waals surface area contributed by atoms with Gasteiger partial charge in [-0.1, -0.05) is 19.1 Å². The lowest BCUT2D eigenvalue weighted by Crippen LogP contribution is -2.28. The molecule has 2 aromatic rings. The molecule has 0 aliphatic heterocycles. The molecule has 21 heavy (non-hydrogen) atoms. The second-order valence-electron chi connectivity index (χ2n) is 5.08. The van der Waals surface area contributed by atoms with E-state index in [2.05, 4.69) is 15.5 Å². The van der Waals surface area contributed by atoms with Crippen LogP contribution in [-0.4, -0.2) is 27.2 Å². The molecule has 2 rings (SSSR count). The molecule has 5 nitrogen and oxygen atoms in total. The SMILES string of the molecule is Cc1nncn1CCNC(=O)CC(C)c1cccc(F)c1. The predicted octanol–water partition coefficient (Wildman–Crippen LogP) is 2.04. The topological polar surface area (TPSA) is 59.8 Å². The van der Waals surface area contributed by atoms with Crippen LogP contribution in [0, 0.1) is 12.7 Å². The highest BCUT2D eigenvalue weighted by Gasteiger charge is 2.11. The third kappa shape index (κ3) is 4.37. The second kappa shape index (κ2) is 6.97. The van der Waals surface area contributed by atoms with Crippen LogP contribution in [-0.2, 0) is 11.3 Å². The van der Waals surface area contributed by atoms with Gasteiger partial charge in [0.1, 0.15) is 18.0 Å². The van der Waals surface area contributed by atoms with Gasteiger partial charge in [0.25, 0.3) is 0 Å². The van der Waals surface area contributed by atoms with Crippen molar-refractivity contribution in [3.05, 3.63) is 47.8 Å². The van der Waals surface area contributed by atoms with Crippen LogP contribution in [0.15, 0.2) is 30.6 Å². The quantitative estimate of drug-likeness (QED) is 0.885. The number of rotatable bonds is 6. The van der Waals surface area contributed by atoms with Gasteiger partial charge in [-0.25, -0.2) is 4.39 Å². The van der Waals surface area contributed by atoms with E-state index in [0.717, 1.165) is 11.4 Å². The Hall–Kier alpha value is -2.24. The number of hydrogen-bond acceptors (Lipinski definition) is 3. The molecule has 0 fully saturated rings. The molecule has 1 unspecified atom stereocenters. The van der Waals surface area contributed by atoms with Crippen molar-refractivity contribution in [3.8, 4) is 0 Å². The van der Waals surface area contributed by atoms with Crippen molar-refractivity contribution >= 4 is 5.91 Å². The van der Waals surface area contributed by atoms with Crippen LogP contribution >= 0.6 is 0 Å². The van der Waals surface area contributed by atoms with Crippen molar-refractivity contribution < 1.29 is 9.18 Å². The lowest BCUT2D eigenvalue weighted by atomic mass is 9.97. The van der Waals surface area contributed by atoms with Gasteiger partial charge in [-0.15, -0.1) is 10.2 Å². The van der Waals surface area contributed by atoms with Crippen molar-refractivity contribution in [1.82, 2.24) is 20.1 Å². The number of carbonyl (C=O) groups is 1. The van der Waals surface area contributed by atoms with Crippen molar-refractivity contribution in [1.29, 1.82) is 0 Å². The highest BCUT2D eigenvalue weighted by atomic mass is 19.1. The molecule has 1 N–H and O–H groups in total. The molecule has 1 aromatic carbocycles. The maximum absolute atomic E-state index is 13.1.